The van der Waals surface area contributed by atoms with Gasteiger partial charge in [0.25, 0.3) is 0 Å². The van der Waals surface area contributed by atoms with Crippen molar-refractivity contribution in [2.24, 2.45) is 0 Å². The highest BCUT2D eigenvalue weighted by Crippen LogP contribution is 2.40. The van der Waals surface area contributed by atoms with Crippen molar-refractivity contribution in [2.75, 3.05) is 31.1 Å². The molecule has 0 saturated carbocycles. The fourth-order valence-corrected chi connectivity index (χ4v) is 6.82. The first kappa shape index (κ1) is 24.2. The summed E-state index contributed by atoms with van der Waals surface area (Å²) in [5.74, 6) is 2.64. The highest BCUT2D eigenvalue weighted by molar-refractivity contribution is 7.19. The molecule has 1 aromatic carbocycles. The Morgan fingerprint density at radius 1 is 0.971 bits per heavy atom. The molecule has 186 valence electrons. The molecule has 1 amide bonds. The Kier molecular flexibility index (Phi) is 7.37. The molecular weight excluding hydrogens is 452 g/mol. The van der Waals surface area contributed by atoms with Crippen LogP contribution in [0.1, 0.15) is 86.5 Å². The molecule has 5 rings (SSSR count). The Morgan fingerprint density at radius 3 is 2.43 bits per heavy atom. The molecule has 2 aliphatic rings. The van der Waals surface area contributed by atoms with Crippen molar-refractivity contribution in [1.82, 2.24) is 14.9 Å². The van der Waals surface area contributed by atoms with Crippen LogP contribution in [0.4, 0.5) is 5.82 Å². The fraction of sp³-hybridized carbons (Fsp3) is 0.552. The van der Waals surface area contributed by atoms with E-state index in [4.69, 9.17) is 9.97 Å². The molecule has 0 spiro atoms. The van der Waals surface area contributed by atoms with Crippen LogP contribution in [0.15, 0.2) is 30.3 Å². The van der Waals surface area contributed by atoms with Gasteiger partial charge in [-0.2, -0.15) is 0 Å². The van der Waals surface area contributed by atoms with E-state index in [0.717, 1.165) is 62.6 Å². The number of carbonyl (C=O) groups is 1. The van der Waals surface area contributed by atoms with Crippen LogP contribution in [0.3, 0.4) is 0 Å². The Hall–Kier alpha value is -2.47. The van der Waals surface area contributed by atoms with E-state index in [2.05, 4.69) is 42.7 Å². The second-order valence-corrected chi connectivity index (χ2v) is 11.2. The summed E-state index contributed by atoms with van der Waals surface area (Å²) in [6, 6.07) is 10.2. The van der Waals surface area contributed by atoms with Crippen molar-refractivity contribution in [3.63, 3.8) is 0 Å². The maximum atomic E-state index is 13.4. The van der Waals surface area contributed by atoms with E-state index in [9.17, 15) is 4.79 Å². The molecule has 1 fully saturated rings. The maximum absolute atomic E-state index is 13.4. The molecular formula is C29H38N4OS. The molecule has 1 aliphatic carbocycles. The van der Waals surface area contributed by atoms with Gasteiger partial charge in [-0.15, -0.1) is 11.3 Å². The fourth-order valence-electron chi connectivity index (χ4n) is 5.56. The standard InChI is InChI=1S/C29H38N4OS/c1-4-20(3)26-30-27(25-23-14-10-7-11-15-24(23)35-28(25)31-26)32-16-18-33(19-17-32)29(34)22(5-2)21-12-8-6-9-13-21/h6,8-9,12-13,20,22H,4-5,7,10-11,14-19H2,1-3H3. The number of hydrogen-bond donors (Lipinski definition) is 0. The number of rotatable bonds is 6. The second-order valence-electron chi connectivity index (χ2n) is 10.1. The minimum atomic E-state index is -0.0573. The predicted octanol–water partition coefficient (Wildman–Crippen LogP) is 6.32. The number of benzene rings is 1. The van der Waals surface area contributed by atoms with Gasteiger partial charge in [0.15, 0.2) is 0 Å². The molecule has 1 aliphatic heterocycles. The third-order valence-electron chi connectivity index (χ3n) is 7.92. The zero-order valence-electron chi connectivity index (χ0n) is 21.4. The average Bonchev–Trinajstić information content (AvgIpc) is 3.09. The minimum absolute atomic E-state index is 0.0573. The largest absolute Gasteiger partial charge is 0.352 e. The summed E-state index contributed by atoms with van der Waals surface area (Å²) in [6.07, 6.45) is 8.03. The van der Waals surface area contributed by atoms with Gasteiger partial charge in [0.2, 0.25) is 5.91 Å². The predicted molar refractivity (Wildman–Crippen MR) is 146 cm³/mol. The zero-order valence-corrected chi connectivity index (χ0v) is 22.2. The van der Waals surface area contributed by atoms with Crippen molar-refractivity contribution in [2.45, 2.75) is 77.6 Å². The van der Waals surface area contributed by atoms with E-state index in [1.54, 1.807) is 0 Å². The third kappa shape index (κ3) is 4.82. The highest BCUT2D eigenvalue weighted by atomic mass is 32.1. The van der Waals surface area contributed by atoms with E-state index in [1.807, 2.05) is 29.5 Å². The summed E-state index contributed by atoms with van der Waals surface area (Å²) in [6.45, 7) is 9.71. The molecule has 0 bridgehead atoms. The summed E-state index contributed by atoms with van der Waals surface area (Å²) in [4.78, 5) is 30.9. The first-order valence-corrected chi connectivity index (χ1v) is 14.3. The summed E-state index contributed by atoms with van der Waals surface area (Å²) in [5, 5.41) is 1.30. The lowest BCUT2D eigenvalue weighted by Gasteiger charge is -2.37. The van der Waals surface area contributed by atoms with Gasteiger partial charge < -0.3 is 9.80 Å². The molecule has 1 saturated heterocycles. The molecule has 6 heteroatoms. The van der Waals surface area contributed by atoms with Crippen molar-refractivity contribution >= 4 is 33.3 Å². The van der Waals surface area contributed by atoms with Gasteiger partial charge in [-0.05, 0) is 49.7 Å². The van der Waals surface area contributed by atoms with Gasteiger partial charge in [-0.1, -0.05) is 57.5 Å². The summed E-state index contributed by atoms with van der Waals surface area (Å²) in [7, 11) is 0. The number of hydrogen-bond acceptors (Lipinski definition) is 5. The molecule has 2 unspecified atom stereocenters. The van der Waals surface area contributed by atoms with E-state index < -0.39 is 0 Å². The number of carbonyl (C=O) groups excluding carboxylic acids is 1. The average molecular weight is 491 g/mol. The number of fused-ring (bicyclic) bond motifs is 3. The van der Waals surface area contributed by atoms with Crippen molar-refractivity contribution < 1.29 is 4.79 Å². The van der Waals surface area contributed by atoms with Crippen LogP contribution in [0, 0.1) is 0 Å². The molecule has 0 N–H and O–H groups in total. The van der Waals surface area contributed by atoms with Crippen LogP contribution >= 0.6 is 11.3 Å². The monoisotopic (exact) mass is 490 g/mol. The number of aryl methyl sites for hydroxylation is 2. The molecule has 2 atom stereocenters. The van der Waals surface area contributed by atoms with Crippen molar-refractivity contribution in [1.29, 1.82) is 0 Å². The Balaban J connectivity index is 1.42. The van der Waals surface area contributed by atoms with Gasteiger partial charge in [-0.25, -0.2) is 9.97 Å². The number of aromatic nitrogens is 2. The zero-order chi connectivity index (χ0) is 24.4. The van der Waals surface area contributed by atoms with E-state index in [-0.39, 0.29) is 11.8 Å². The smallest absolute Gasteiger partial charge is 0.230 e. The molecule has 2 aromatic heterocycles. The number of piperazine rings is 1. The van der Waals surface area contributed by atoms with Gasteiger partial charge in [0.05, 0.1) is 11.3 Å². The summed E-state index contributed by atoms with van der Waals surface area (Å²) in [5.41, 5.74) is 2.63. The van der Waals surface area contributed by atoms with Crippen molar-refractivity contribution in [3.05, 3.63) is 52.2 Å². The van der Waals surface area contributed by atoms with Gasteiger partial charge in [-0.3, -0.25) is 4.79 Å². The highest BCUT2D eigenvalue weighted by Gasteiger charge is 2.30. The molecule has 0 radical (unpaired) electrons. The van der Waals surface area contributed by atoms with Crippen molar-refractivity contribution in [3.8, 4) is 0 Å². The Bertz CT molecular complexity index is 1170. The van der Waals surface area contributed by atoms with Crippen LogP contribution in [-0.2, 0) is 17.6 Å². The van der Waals surface area contributed by atoms with Crippen LogP contribution in [0.25, 0.3) is 10.2 Å². The van der Waals surface area contributed by atoms with E-state index in [1.165, 1.54) is 46.3 Å². The first-order valence-electron chi connectivity index (χ1n) is 13.5. The lowest BCUT2D eigenvalue weighted by atomic mass is 9.95. The van der Waals surface area contributed by atoms with Gasteiger partial charge >= 0.3 is 0 Å². The van der Waals surface area contributed by atoms with E-state index >= 15 is 0 Å². The molecule has 3 aromatic rings. The minimum Gasteiger partial charge on any atom is -0.352 e. The molecule has 5 nitrogen and oxygen atoms in total. The van der Waals surface area contributed by atoms with Crippen LogP contribution in [-0.4, -0.2) is 47.0 Å². The topological polar surface area (TPSA) is 49.3 Å². The molecule has 35 heavy (non-hydrogen) atoms. The Morgan fingerprint density at radius 2 is 1.71 bits per heavy atom. The van der Waals surface area contributed by atoms with Gasteiger partial charge in [0, 0.05) is 37.0 Å². The number of anilines is 1. The lowest BCUT2D eigenvalue weighted by molar-refractivity contribution is -0.133. The van der Waals surface area contributed by atoms with Gasteiger partial charge in [0.1, 0.15) is 16.5 Å². The van der Waals surface area contributed by atoms with E-state index in [0.29, 0.717) is 5.92 Å². The summed E-state index contributed by atoms with van der Waals surface area (Å²) < 4.78 is 0. The Labute approximate surface area is 213 Å². The summed E-state index contributed by atoms with van der Waals surface area (Å²) >= 11 is 1.90. The third-order valence-corrected chi connectivity index (χ3v) is 9.10. The van der Waals surface area contributed by atoms with Crippen LogP contribution in [0.2, 0.25) is 0 Å². The molecule has 3 heterocycles. The number of amides is 1. The lowest BCUT2D eigenvalue weighted by Crippen LogP contribution is -2.50. The second kappa shape index (κ2) is 10.7. The number of nitrogens with zero attached hydrogens (tertiary/aromatic N) is 4. The normalized spacial score (nSPS) is 18.3. The first-order chi connectivity index (χ1) is 17.1. The van der Waals surface area contributed by atoms with Crippen LogP contribution < -0.4 is 4.90 Å². The maximum Gasteiger partial charge on any atom is 0.230 e. The SMILES string of the molecule is CCC(C)c1nc(N2CCN(C(=O)C(CC)c3ccccc3)CC2)c2c3c(sc2n1)CCCCC3. The quantitative estimate of drug-likeness (QED) is 0.380. The van der Waals surface area contributed by atoms with Crippen LogP contribution in [0.5, 0.6) is 0 Å². The number of thiophene rings is 1.